The van der Waals surface area contributed by atoms with Gasteiger partial charge in [0.05, 0.1) is 0 Å². The maximum Gasteiger partial charge on any atom is 0.206 e. The molecule has 0 saturated heterocycles. The Labute approximate surface area is 124 Å². The van der Waals surface area contributed by atoms with Crippen LogP contribution < -0.4 is 5.19 Å². The summed E-state index contributed by atoms with van der Waals surface area (Å²) >= 11 is 0. The second-order valence-corrected chi connectivity index (χ2v) is 7.83. The van der Waals surface area contributed by atoms with E-state index < -0.39 is 9.04 Å². The Bertz CT molecular complexity index is 532. The van der Waals surface area contributed by atoms with E-state index in [1.807, 2.05) is 0 Å². The third-order valence-corrected chi connectivity index (χ3v) is 6.16. The van der Waals surface area contributed by atoms with Gasteiger partial charge in [0.25, 0.3) is 0 Å². The molecule has 2 heteroatoms. The van der Waals surface area contributed by atoms with Crippen LogP contribution in [0.3, 0.4) is 0 Å². The first-order chi connectivity index (χ1) is 9.72. The van der Waals surface area contributed by atoms with Crippen molar-refractivity contribution in [2.24, 2.45) is 0 Å². The molecule has 2 aromatic rings. The smallest absolute Gasteiger partial charge is 0.206 e. The Morgan fingerprint density at radius 3 is 2.60 bits per heavy atom. The molecule has 0 N–H and O–H groups in total. The summed E-state index contributed by atoms with van der Waals surface area (Å²) in [5, 5.41) is 4.13. The molecule has 0 fully saturated rings. The van der Waals surface area contributed by atoms with E-state index in [1.54, 1.807) is 0 Å². The first-order valence-corrected chi connectivity index (χ1v) is 10.1. The van der Waals surface area contributed by atoms with Gasteiger partial charge in [-0.15, -0.1) is 0 Å². The fourth-order valence-corrected chi connectivity index (χ4v) is 4.84. The van der Waals surface area contributed by atoms with Crippen molar-refractivity contribution in [2.45, 2.75) is 52.2 Å². The molecular weight excluding hydrogens is 260 g/mol. The van der Waals surface area contributed by atoms with E-state index in [1.165, 1.54) is 41.6 Å². The number of hydrogen-bond donors (Lipinski definition) is 0. The fourth-order valence-electron chi connectivity index (χ4n) is 2.78. The van der Waals surface area contributed by atoms with Crippen LogP contribution in [-0.2, 0) is 4.43 Å². The number of unbranched alkanes of at least 4 members (excludes halogenated alkanes) is 2. The lowest BCUT2D eigenvalue weighted by molar-refractivity contribution is 0.212. The molecule has 0 saturated carbocycles. The van der Waals surface area contributed by atoms with Crippen LogP contribution in [0.4, 0.5) is 0 Å². The van der Waals surface area contributed by atoms with Crippen LogP contribution in [-0.4, -0.2) is 15.1 Å². The molecule has 0 aliphatic rings. The summed E-state index contributed by atoms with van der Waals surface area (Å²) in [6.45, 7) is 6.78. The van der Waals surface area contributed by atoms with Gasteiger partial charge in [-0.25, -0.2) is 0 Å². The second kappa shape index (κ2) is 7.60. The monoisotopic (exact) mass is 286 g/mol. The lowest BCUT2D eigenvalue weighted by Crippen LogP contribution is -2.34. The summed E-state index contributed by atoms with van der Waals surface area (Å²) < 4.78 is 6.33. The number of fused-ring (bicyclic) bond motifs is 1. The van der Waals surface area contributed by atoms with E-state index in [2.05, 4.69) is 62.9 Å². The molecule has 2 rings (SSSR count). The van der Waals surface area contributed by atoms with Crippen molar-refractivity contribution in [3.63, 3.8) is 0 Å². The molecule has 0 radical (unpaired) electrons. The van der Waals surface area contributed by atoms with E-state index in [9.17, 15) is 0 Å². The predicted molar refractivity (Wildman–Crippen MR) is 91.3 cm³/mol. The van der Waals surface area contributed by atoms with E-state index in [0.717, 1.165) is 0 Å². The molecule has 0 spiro atoms. The summed E-state index contributed by atoms with van der Waals surface area (Å²) in [4.78, 5) is 0. The van der Waals surface area contributed by atoms with Crippen molar-refractivity contribution in [1.29, 1.82) is 0 Å². The SMILES string of the molecule is CCCCCC(C)O[SiH](C)c1cccc2ccccc12. The van der Waals surface area contributed by atoms with Crippen molar-refractivity contribution in [1.82, 2.24) is 0 Å². The zero-order chi connectivity index (χ0) is 14.4. The average Bonchev–Trinajstić information content (AvgIpc) is 2.47. The van der Waals surface area contributed by atoms with Crippen molar-refractivity contribution in [3.05, 3.63) is 42.5 Å². The topological polar surface area (TPSA) is 9.23 Å². The van der Waals surface area contributed by atoms with Gasteiger partial charge in [0.2, 0.25) is 9.04 Å². The maximum absolute atomic E-state index is 6.33. The molecule has 0 amide bonds. The molecule has 2 atom stereocenters. The summed E-state index contributed by atoms with van der Waals surface area (Å²) in [6, 6.07) is 15.2. The van der Waals surface area contributed by atoms with Crippen molar-refractivity contribution < 1.29 is 4.43 Å². The Balaban J connectivity index is 2.05. The summed E-state index contributed by atoms with van der Waals surface area (Å²) in [6.07, 6.45) is 5.47. The second-order valence-electron chi connectivity index (χ2n) is 5.65. The standard InChI is InChI=1S/C18H26OSi/c1-4-5-6-10-15(2)19-20(3)18-14-9-12-16-11-7-8-13-17(16)18/h7-9,11-15,20H,4-6,10H2,1-3H3. The molecule has 2 aromatic carbocycles. The quantitative estimate of drug-likeness (QED) is 0.542. The molecule has 0 heterocycles. The summed E-state index contributed by atoms with van der Waals surface area (Å²) in [5.74, 6) is 0. The molecule has 0 aromatic heterocycles. The third kappa shape index (κ3) is 3.94. The Hall–Kier alpha value is -1.12. The van der Waals surface area contributed by atoms with Gasteiger partial charge in [-0.3, -0.25) is 0 Å². The van der Waals surface area contributed by atoms with Crippen LogP contribution in [0.25, 0.3) is 10.8 Å². The van der Waals surface area contributed by atoms with Gasteiger partial charge >= 0.3 is 0 Å². The number of hydrogen-bond acceptors (Lipinski definition) is 1. The number of rotatable bonds is 7. The van der Waals surface area contributed by atoms with E-state index >= 15 is 0 Å². The van der Waals surface area contributed by atoms with Crippen LogP contribution in [0.15, 0.2) is 42.5 Å². The average molecular weight is 286 g/mol. The lowest BCUT2D eigenvalue weighted by Gasteiger charge is -2.20. The minimum atomic E-state index is -1.32. The van der Waals surface area contributed by atoms with E-state index in [4.69, 9.17) is 4.43 Å². The van der Waals surface area contributed by atoms with Crippen molar-refractivity contribution >= 4 is 25.0 Å². The Morgan fingerprint density at radius 1 is 1.05 bits per heavy atom. The summed E-state index contributed by atoms with van der Waals surface area (Å²) in [5.41, 5.74) is 0. The highest BCUT2D eigenvalue weighted by molar-refractivity contribution is 6.68. The van der Waals surface area contributed by atoms with Gasteiger partial charge in [0.1, 0.15) is 0 Å². The molecule has 0 aliphatic heterocycles. The van der Waals surface area contributed by atoms with Crippen LogP contribution in [0, 0.1) is 0 Å². The molecule has 0 aliphatic carbocycles. The van der Waals surface area contributed by atoms with Crippen molar-refractivity contribution in [3.8, 4) is 0 Å². The number of benzene rings is 2. The molecule has 20 heavy (non-hydrogen) atoms. The maximum atomic E-state index is 6.33. The van der Waals surface area contributed by atoms with Gasteiger partial charge in [-0.2, -0.15) is 0 Å². The third-order valence-electron chi connectivity index (χ3n) is 3.91. The highest BCUT2D eigenvalue weighted by Crippen LogP contribution is 2.13. The van der Waals surface area contributed by atoms with Crippen molar-refractivity contribution in [2.75, 3.05) is 0 Å². The Kier molecular flexibility index (Phi) is 5.81. The zero-order valence-corrected chi connectivity index (χ0v) is 14.1. The highest BCUT2D eigenvalue weighted by Gasteiger charge is 2.14. The Morgan fingerprint density at radius 2 is 1.80 bits per heavy atom. The highest BCUT2D eigenvalue weighted by atomic mass is 28.3. The molecule has 108 valence electrons. The van der Waals surface area contributed by atoms with Crippen LogP contribution in [0.5, 0.6) is 0 Å². The zero-order valence-electron chi connectivity index (χ0n) is 12.9. The molecule has 1 nitrogen and oxygen atoms in total. The van der Waals surface area contributed by atoms with E-state index in [-0.39, 0.29) is 0 Å². The fraction of sp³-hybridized carbons (Fsp3) is 0.444. The minimum absolute atomic E-state index is 0.391. The largest absolute Gasteiger partial charge is 0.413 e. The van der Waals surface area contributed by atoms with Gasteiger partial charge < -0.3 is 4.43 Å². The van der Waals surface area contributed by atoms with Crippen LogP contribution in [0.1, 0.15) is 39.5 Å². The first kappa shape index (κ1) is 15.3. The van der Waals surface area contributed by atoms with Gasteiger partial charge in [0.15, 0.2) is 0 Å². The van der Waals surface area contributed by atoms with Crippen LogP contribution >= 0.6 is 0 Å². The minimum Gasteiger partial charge on any atom is -0.413 e. The normalized spacial score (nSPS) is 14.3. The lowest BCUT2D eigenvalue weighted by atomic mass is 10.1. The molecule has 0 bridgehead atoms. The van der Waals surface area contributed by atoms with Gasteiger partial charge in [-0.05, 0) is 35.9 Å². The van der Waals surface area contributed by atoms with E-state index in [0.29, 0.717) is 6.10 Å². The van der Waals surface area contributed by atoms with Gasteiger partial charge in [-0.1, -0.05) is 68.7 Å². The first-order valence-electron chi connectivity index (χ1n) is 7.85. The molecular formula is C18H26OSi. The van der Waals surface area contributed by atoms with Crippen LogP contribution in [0.2, 0.25) is 6.55 Å². The summed E-state index contributed by atoms with van der Waals surface area (Å²) in [7, 11) is -1.32. The van der Waals surface area contributed by atoms with Gasteiger partial charge in [0, 0.05) is 6.10 Å². The predicted octanol–water partition coefficient (Wildman–Crippen LogP) is 4.39. The molecule has 2 unspecified atom stereocenters.